The number of halogens is 2. The molecular weight excluding hydrogens is 425 g/mol. The van der Waals surface area contributed by atoms with Crippen LogP contribution in [0.1, 0.15) is 43.6 Å². The molecule has 1 aromatic heterocycles. The standard InChI is InChI=1S/C21H25BrFN3O2/c1-21(2,3)28-20(27)26-10-15-16(11-26)19(15)18-9-14(24-25-18)6-4-12-8-13(23)5-7-17(12)22/h5,7-9,15-16,19H,4,6,10-11H2,1-3H3,(H,24,25). The number of benzene rings is 1. The van der Waals surface area contributed by atoms with Crippen molar-refractivity contribution >= 4 is 22.0 Å². The first kappa shape index (κ1) is 19.4. The number of hydrogen-bond donors (Lipinski definition) is 1. The molecule has 1 aliphatic heterocycles. The second-order valence-electron chi connectivity index (χ2n) is 8.79. The first-order valence-electron chi connectivity index (χ1n) is 9.67. The summed E-state index contributed by atoms with van der Waals surface area (Å²) in [4.78, 5) is 14.0. The Morgan fingerprint density at radius 1 is 1.29 bits per heavy atom. The number of fused-ring (bicyclic) bond motifs is 1. The number of rotatable bonds is 4. The van der Waals surface area contributed by atoms with Crippen LogP contribution in [-0.2, 0) is 17.6 Å². The summed E-state index contributed by atoms with van der Waals surface area (Å²) in [5, 5.41) is 7.62. The molecule has 2 fully saturated rings. The van der Waals surface area contributed by atoms with E-state index in [0.717, 1.165) is 47.4 Å². The average Bonchev–Trinajstić information content (AvgIpc) is 3.00. The van der Waals surface area contributed by atoms with Crippen LogP contribution in [0.15, 0.2) is 28.7 Å². The Bertz CT molecular complexity index is 880. The number of H-pyrrole nitrogens is 1. The third-order valence-corrected chi connectivity index (χ3v) is 6.28. The van der Waals surface area contributed by atoms with Crippen LogP contribution in [0.4, 0.5) is 9.18 Å². The van der Waals surface area contributed by atoms with Crippen LogP contribution in [0.25, 0.3) is 0 Å². The lowest BCUT2D eigenvalue weighted by molar-refractivity contribution is 0.0270. The number of aromatic amines is 1. The minimum atomic E-state index is -0.461. The van der Waals surface area contributed by atoms with Crippen LogP contribution in [0.3, 0.4) is 0 Å². The van der Waals surface area contributed by atoms with E-state index < -0.39 is 5.60 Å². The lowest BCUT2D eigenvalue weighted by atomic mass is 10.1. The zero-order valence-electron chi connectivity index (χ0n) is 16.3. The van der Waals surface area contributed by atoms with E-state index in [0.29, 0.717) is 17.8 Å². The Balaban J connectivity index is 1.31. The number of hydrogen-bond acceptors (Lipinski definition) is 3. The number of nitrogens with zero attached hydrogens (tertiary/aromatic N) is 2. The van der Waals surface area contributed by atoms with Crippen molar-refractivity contribution in [2.45, 2.75) is 45.1 Å². The first-order chi connectivity index (χ1) is 13.2. The van der Waals surface area contributed by atoms with Gasteiger partial charge in [-0.15, -0.1) is 0 Å². The predicted molar refractivity (Wildman–Crippen MR) is 108 cm³/mol. The fourth-order valence-electron chi connectivity index (χ4n) is 4.12. The molecule has 1 aromatic carbocycles. The minimum Gasteiger partial charge on any atom is -0.444 e. The molecule has 0 radical (unpaired) electrons. The van der Waals surface area contributed by atoms with Crippen molar-refractivity contribution in [2.75, 3.05) is 13.1 Å². The summed E-state index contributed by atoms with van der Waals surface area (Å²) in [5.74, 6) is 1.15. The van der Waals surface area contributed by atoms with Gasteiger partial charge in [-0.25, -0.2) is 9.18 Å². The van der Waals surface area contributed by atoms with Crippen LogP contribution in [-0.4, -0.2) is 39.9 Å². The fourth-order valence-corrected chi connectivity index (χ4v) is 4.57. The molecule has 5 nitrogen and oxygen atoms in total. The van der Waals surface area contributed by atoms with Crippen LogP contribution in [0.5, 0.6) is 0 Å². The highest BCUT2D eigenvalue weighted by Crippen LogP contribution is 2.57. The maximum absolute atomic E-state index is 13.4. The van der Waals surface area contributed by atoms with Crippen LogP contribution >= 0.6 is 15.9 Å². The third-order valence-electron chi connectivity index (χ3n) is 5.51. The van der Waals surface area contributed by atoms with E-state index in [2.05, 4.69) is 32.2 Å². The molecule has 1 amide bonds. The number of likely N-dealkylation sites (tertiary alicyclic amines) is 1. The minimum absolute atomic E-state index is 0.219. The summed E-state index contributed by atoms with van der Waals surface area (Å²) in [7, 11) is 0. The van der Waals surface area contributed by atoms with Gasteiger partial charge >= 0.3 is 6.09 Å². The van der Waals surface area contributed by atoms with Gasteiger partial charge in [0.1, 0.15) is 11.4 Å². The number of piperidine rings is 1. The summed E-state index contributed by atoms with van der Waals surface area (Å²) in [6, 6.07) is 6.88. The van der Waals surface area contributed by atoms with Crippen LogP contribution in [0, 0.1) is 17.7 Å². The molecule has 0 bridgehead atoms. The van der Waals surface area contributed by atoms with E-state index in [-0.39, 0.29) is 11.9 Å². The van der Waals surface area contributed by atoms with Crippen molar-refractivity contribution < 1.29 is 13.9 Å². The van der Waals surface area contributed by atoms with Gasteiger partial charge in [0.25, 0.3) is 0 Å². The van der Waals surface area contributed by atoms with Gasteiger partial charge in [-0.1, -0.05) is 15.9 Å². The van der Waals surface area contributed by atoms with Crippen molar-refractivity contribution in [1.82, 2.24) is 15.1 Å². The van der Waals surface area contributed by atoms with Crippen molar-refractivity contribution in [3.05, 3.63) is 51.5 Å². The molecule has 150 valence electrons. The Morgan fingerprint density at radius 2 is 2.00 bits per heavy atom. The van der Waals surface area contributed by atoms with Gasteiger partial charge in [-0.05, 0) is 75.3 Å². The molecular formula is C21H25BrFN3O2. The molecule has 7 heteroatoms. The highest BCUT2D eigenvalue weighted by atomic mass is 79.9. The van der Waals surface area contributed by atoms with Gasteiger partial charge in [0.15, 0.2) is 0 Å². The van der Waals surface area contributed by atoms with E-state index in [9.17, 15) is 9.18 Å². The van der Waals surface area contributed by atoms with Crippen LogP contribution < -0.4 is 0 Å². The zero-order valence-corrected chi connectivity index (χ0v) is 17.9. The monoisotopic (exact) mass is 449 g/mol. The summed E-state index contributed by atoms with van der Waals surface area (Å²) in [6.07, 6.45) is 1.30. The maximum atomic E-state index is 13.4. The molecule has 1 saturated heterocycles. The number of nitrogens with one attached hydrogen (secondary N) is 1. The average molecular weight is 450 g/mol. The molecule has 2 aliphatic rings. The van der Waals surface area contributed by atoms with Crippen molar-refractivity contribution in [1.29, 1.82) is 0 Å². The van der Waals surface area contributed by atoms with Gasteiger partial charge in [0.05, 0.1) is 5.69 Å². The van der Waals surface area contributed by atoms with Gasteiger partial charge in [-0.2, -0.15) is 5.10 Å². The van der Waals surface area contributed by atoms with Gasteiger partial charge in [0.2, 0.25) is 0 Å². The largest absolute Gasteiger partial charge is 0.444 e. The fraction of sp³-hybridized carbons (Fsp3) is 0.524. The second kappa shape index (κ2) is 7.17. The molecule has 2 heterocycles. The normalized spacial score (nSPS) is 23.6. The molecule has 0 spiro atoms. The molecule has 28 heavy (non-hydrogen) atoms. The number of aryl methyl sites for hydroxylation is 2. The third kappa shape index (κ3) is 4.09. The van der Waals surface area contributed by atoms with Gasteiger partial charge in [0, 0.05) is 29.2 Å². The van der Waals surface area contributed by atoms with E-state index in [1.54, 1.807) is 12.1 Å². The summed E-state index contributed by atoms with van der Waals surface area (Å²) < 4.78 is 19.8. The molecule has 2 unspecified atom stereocenters. The van der Waals surface area contributed by atoms with E-state index in [4.69, 9.17) is 4.74 Å². The molecule has 4 rings (SSSR count). The molecule has 1 saturated carbocycles. The van der Waals surface area contributed by atoms with Gasteiger partial charge < -0.3 is 9.64 Å². The summed E-state index contributed by atoms with van der Waals surface area (Å²) in [6.45, 7) is 7.14. The summed E-state index contributed by atoms with van der Waals surface area (Å²) in [5.41, 5.74) is 2.62. The first-order valence-corrected chi connectivity index (χ1v) is 10.5. The maximum Gasteiger partial charge on any atom is 0.410 e. The Morgan fingerprint density at radius 3 is 2.68 bits per heavy atom. The molecule has 2 atom stereocenters. The number of ether oxygens (including phenoxy) is 1. The predicted octanol–water partition coefficient (Wildman–Crippen LogP) is 4.68. The Hall–Kier alpha value is -1.89. The van der Waals surface area contributed by atoms with Crippen molar-refractivity contribution in [3.63, 3.8) is 0 Å². The Kier molecular flexibility index (Phi) is 4.98. The topological polar surface area (TPSA) is 58.2 Å². The highest BCUT2D eigenvalue weighted by molar-refractivity contribution is 9.10. The van der Waals surface area contributed by atoms with Crippen molar-refractivity contribution in [3.8, 4) is 0 Å². The number of carbonyl (C=O) groups excluding carboxylic acids is 1. The zero-order chi connectivity index (χ0) is 20.1. The second-order valence-corrected chi connectivity index (χ2v) is 9.65. The lowest BCUT2D eigenvalue weighted by Gasteiger charge is -2.25. The van der Waals surface area contributed by atoms with Crippen molar-refractivity contribution in [2.24, 2.45) is 11.8 Å². The molecule has 1 N–H and O–H groups in total. The van der Waals surface area contributed by atoms with Crippen LogP contribution in [0.2, 0.25) is 0 Å². The molecule has 2 aromatic rings. The van der Waals surface area contributed by atoms with E-state index in [1.807, 2.05) is 25.7 Å². The number of carbonyl (C=O) groups is 1. The summed E-state index contributed by atoms with van der Waals surface area (Å²) >= 11 is 3.48. The Labute approximate surface area is 172 Å². The lowest BCUT2D eigenvalue weighted by Crippen LogP contribution is -2.36. The quantitative estimate of drug-likeness (QED) is 0.736. The SMILES string of the molecule is CC(C)(C)OC(=O)N1CC2C(C1)C2c1cc(CCc2cc(F)ccc2Br)[nH]n1. The number of aromatic nitrogens is 2. The van der Waals surface area contributed by atoms with Gasteiger partial charge in [-0.3, -0.25) is 5.10 Å². The van der Waals surface area contributed by atoms with E-state index in [1.165, 1.54) is 6.07 Å². The smallest absolute Gasteiger partial charge is 0.410 e. The van der Waals surface area contributed by atoms with E-state index >= 15 is 0 Å². The molecule has 1 aliphatic carbocycles. The number of amides is 1. The highest BCUT2D eigenvalue weighted by Gasteiger charge is 2.58.